The number of fused-ring (bicyclic) bond motifs is 1. The van der Waals surface area contributed by atoms with Crippen LogP contribution in [-0.4, -0.2) is 30.6 Å². The van der Waals surface area contributed by atoms with E-state index in [1.54, 1.807) is 29.1 Å². The van der Waals surface area contributed by atoms with Gasteiger partial charge in [-0.05, 0) is 47.9 Å². The number of pyridine rings is 1. The zero-order valence-electron chi connectivity index (χ0n) is 21.2. The number of halogens is 2. The molecule has 0 saturated heterocycles. The van der Waals surface area contributed by atoms with E-state index in [0.717, 1.165) is 28.6 Å². The molecule has 0 saturated carbocycles. The molecular weight excluding hydrogens is 498 g/mol. The van der Waals surface area contributed by atoms with E-state index in [2.05, 4.69) is 21.3 Å². The summed E-state index contributed by atoms with van der Waals surface area (Å²) in [5.41, 5.74) is 3.53. The van der Waals surface area contributed by atoms with Gasteiger partial charge in [-0.2, -0.15) is 5.26 Å². The Morgan fingerprint density at radius 1 is 1.00 bits per heavy atom. The number of hydrogen-bond donors (Lipinski definition) is 0. The molecule has 0 aliphatic carbocycles. The molecule has 0 fully saturated rings. The summed E-state index contributed by atoms with van der Waals surface area (Å²) in [6.07, 6.45) is 2.26. The Balaban J connectivity index is 1.49. The number of hydrogen-bond acceptors (Lipinski definition) is 5. The first kappa shape index (κ1) is 25.7. The third-order valence-electron chi connectivity index (χ3n) is 6.53. The molecule has 0 bridgehead atoms. The second-order valence-corrected chi connectivity index (χ2v) is 9.12. The largest absolute Gasteiger partial charge is 0.325 e. The second-order valence-electron chi connectivity index (χ2n) is 9.12. The highest BCUT2D eigenvalue weighted by molar-refractivity contribution is 5.96. The fourth-order valence-corrected chi connectivity index (χ4v) is 4.45. The summed E-state index contributed by atoms with van der Waals surface area (Å²) in [7, 11) is 0. The number of aromatic nitrogens is 4. The lowest BCUT2D eigenvalue weighted by Crippen LogP contribution is -2.32. The van der Waals surface area contributed by atoms with Gasteiger partial charge >= 0.3 is 0 Å². The summed E-state index contributed by atoms with van der Waals surface area (Å²) >= 11 is 0. The van der Waals surface area contributed by atoms with Gasteiger partial charge in [-0.15, -0.1) is 10.2 Å². The number of amides is 1. The monoisotopic (exact) mass is 522 g/mol. The van der Waals surface area contributed by atoms with Crippen LogP contribution in [0.4, 0.5) is 8.78 Å². The number of carbonyl (C=O) groups is 1. The molecule has 194 valence electrons. The van der Waals surface area contributed by atoms with E-state index in [-0.39, 0.29) is 24.3 Å². The van der Waals surface area contributed by atoms with Crippen molar-refractivity contribution in [3.8, 4) is 6.07 Å². The SMILES string of the molecule is CCc1cc(C(=O)N(Cc2ccc(F)cc2F)Cc2nncn2Cc2ccc(C#N)cc2)nc2ccccc12. The number of rotatable bonds is 8. The van der Waals surface area contributed by atoms with Gasteiger partial charge in [0.15, 0.2) is 5.82 Å². The Kier molecular flexibility index (Phi) is 7.37. The first-order valence-electron chi connectivity index (χ1n) is 12.4. The Bertz CT molecular complexity index is 1690. The van der Waals surface area contributed by atoms with Gasteiger partial charge in [-0.25, -0.2) is 13.8 Å². The highest BCUT2D eigenvalue weighted by atomic mass is 19.1. The molecule has 5 aromatic rings. The number of carbonyl (C=O) groups excluding carboxylic acids is 1. The van der Waals surface area contributed by atoms with Crippen molar-refractivity contribution in [1.82, 2.24) is 24.6 Å². The highest BCUT2D eigenvalue weighted by Crippen LogP contribution is 2.22. The fourth-order valence-electron chi connectivity index (χ4n) is 4.45. The fraction of sp³-hybridized carbons (Fsp3) is 0.167. The summed E-state index contributed by atoms with van der Waals surface area (Å²) < 4.78 is 30.0. The van der Waals surface area contributed by atoms with Crippen molar-refractivity contribution in [2.75, 3.05) is 0 Å². The van der Waals surface area contributed by atoms with Crippen molar-refractivity contribution in [3.05, 3.63) is 125 Å². The third kappa shape index (κ3) is 5.65. The van der Waals surface area contributed by atoms with E-state index in [1.165, 1.54) is 11.0 Å². The van der Waals surface area contributed by atoms with Gasteiger partial charge in [0.25, 0.3) is 5.91 Å². The molecule has 9 heteroatoms. The quantitative estimate of drug-likeness (QED) is 0.271. The maximum Gasteiger partial charge on any atom is 0.273 e. The zero-order chi connectivity index (χ0) is 27.4. The number of para-hydroxylation sites is 1. The van der Waals surface area contributed by atoms with Crippen LogP contribution in [0, 0.1) is 23.0 Å². The number of benzene rings is 3. The van der Waals surface area contributed by atoms with Crippen LogP contribution < -0.4 is 0 Å². The number of nitriles is 1. The van der Waals surface area contributed by atoms with Gasteiger partial charge in [0.05, 0.1) is 30.2 Å². The van der Waals surface area contributed by atoms with E-state index in [4.69, 9.17) is 5.26 Å². The summed E-state index contributed by atoms with van der Waals surface area (Å²) in [6, 6.07) is 21.9. The Morgan fingerprint density at radius 2 is 1.79 bits per heavy atom. The zero-order valence-corrected chi connectivity index (χ0v) is 21.2. The van der Waals surface area contributed by atoms with E-state index in [0.29, 0.717) is 29.9 Å². The van der Waals surface area contributed by atoms with Crippen LogP contribution >= 0.6 is 0 Å². The molecule has 2 aromatic heterocycles. The normalized spacial score (nSPS) is 10.9. The molecule has 1 amide bonds. The minimum atomic E-state index is -0.743. The van der Waals surface area contributed by atoms with E-state index in [1.807, 2.05) is 43.3 Å². The van der Waals surface area contributed by atoms with Crippen LogP contribution in [-0.2, 0) is 26.1 Å². The summed E-state index contributed by atoms with van der Waals surface area (Å²) in [4.78, 5) is 19.9. The molecule has 0 aliphatic heterocycles. The van der Waals surface area contributed by atoms with E-state index >= 15 is 0 Å². The van der Waals surface area contributed by atoms with Crippen LogP contribution in [0.3, 0.4) is 0 Å². The minimum absolute atomic E-state index is 0.0158. The lowest BCUT2D eigenvalue weighted by molar-refractivity contribution is 0.0716. The van der Waals surface area contributed by atoms with Crippen LogP contribution in [0.2, 0.25) is 0 Å². The van der Waals surface area contributed by atoms with Crippen molar-refractivity contribution >= 4 is 16.8 Å². The Morgan fingerprint density at radius 3 is 2.54 bits per heavy atom. The molecule has 0 radical (unpaired) electrons. The van der Waals surface area contributed by atoms with Gasteiger partial charge in [-0.3, -0.25) is 4.79 Å². The summed E-state index contributed by atoms with van der Waals surface area (Å²) in [6.45, 7) is 2.31. The standard InChI is InChI=1S/C30H24F2N6O/c1-2-22-13-28(35-27-6-4-3-5-25(22)27)30(39)37(17-23-11-12-24(31)14-26(23)32)18-29-36-34-19-38(29)16-21-9-7-20(15-33)8-10-21/h3-14,19H,2,16-18H2,1H3. The molecule has 0 unspecified atom stereocenters. The molecule has 0 spiro atoms. The van der Waals surface area contributed by atoms with Crippen LogP contribution in [0.15, 0.2) is 79.1 Å². The molecule has 0 aliphatic rings. The molecule has 0 atom stereocenters. The average Bonchev–Trinajstić information content (AvgIpc) is 3.39. The smallest absolute Gasteiger partial charge is 0.273 e. The van der Waals surface area contributed by atoms with Gasteiger partial charge in [-0.1, -0.05) is 43.3 Å². The first-order chi connectivity index (χ1) is 18.9. The molecule has 3 aromatic carbocycles. The predicted octanol–water partition coefficient (Wildman–Crippen LogP) is 5.43. The molecule has 7 nitrogen and oxygen atoms in total. The van der Waals surface area contributed by atoms with E-state index in [9.17, 15) is 13.6 Å². The van der Waals surface area contributed by atoms with Crippen molar-refractivity contribution in [3.63, 3.8) is 0 Å². The number of aryl methyl sites for hydroxylation is 1. The van der Waals surface area contributed by atoms with Gasteiger partial charge in [0.1, 0.15) is 23.7 Å². The van der Waals surface area contributed by atoms with Gasteiger partial charge < -0.3 is 9.47 Å². The Labute approximate surface area is 224 Å². The third-order valence-corrected chi connectivity index (χ3v) is 6.53. The van der Waals surface area contributed by atoms with Crippen molar-refractivity contribution in [1.29, 1.82) is 5.26 Å². The van der Waals surface area contributed by atoms with Crippen molar-refractivity contribution in [2.45, 2.75) is 33.0 Å². The van der Waals surface area contributed by atoms with Gasteiger partial charge in [0, 0.05) is 23.6 Å². The molecule has 2 heterocycles. The first-order valence-corrected chi connectivity index (χ1v) is 12.4. The van der Waals surface area contributed by atoms with E-state index < -0.39 is 17.5 Å². The lowest BCUT2D eigenvalue weighted by Gasteiger charge is -2.23. The Hall–Kier alpha value is -4.97. The molecule has 5 rings (SSSR count). The minimum Gasteiger partial charge on any atom is -0.325 e. The predicted molar refractivity (Wildman–Crippen MR) is 141 cm³/mol. The van der Waals surface area contributed by atoms with Gasteiger partial charge in [0.2, 0.25) is 0 Å². The van der Waals surface area contributed by atoms with Crippen molar-refractivity contribution < 1.29 is 13.6 Å². The topological polar surface area (TPSA) is 87.7 Å². The molecule has 39 heavy (non-hydrogen) atoms. The molecular formula is C30H24F2N6O. The molecule has 0 N–H and O–H groups in total. The lowest BCUT2D eigenvalue weighted by atomic mass is 10.0. The summed E-state index contributed by atoms with van der Waals surface area (Å²) in [5, 5.41) is 18.3. The van der Waals surface area contributed by atoms with Crippen molar-refractivity contribution in [2.24, 2.45) is 0 Å². The van der Waals surface area contributed by atoms with Crippen LogP contribution in [0.1, 0.15) is 45.5 Å². The number of nitrogens with zero attached hydrogens (tertiary/aromatic N) is 6. The maximum absolute atomic E-state index is 14.7. The highest BCUT2D eigenvalue weighted by Gasteiger charge is 2.23. The average molecular weight is 523 g/mol. The maximum atomic E-state index is 14.7. The van der Waals surface area contributed by atoms with Crippen LogP contribution in [0.5, 0.6) is 0 Å². The van der Waals surface area contributed by atoms with Crippen LogP contribution in [0.25, 0.3) is 10.9 Å². The summed E-state index contributed by atoms with van der Waals surface area (Å²) in [5.74, 6) is -1.37. The second kappa shape index (κ2) is 11.2.